The molecule has 0 radical (unpaired) electrons. The number of carbonyl (C=O) groups is 2. The van der Waals surface area contributed by atoms with E-state index in [2.05, 4.69) is 9.97 Å². The van der Waals surface area contributed by atoms with E-state index < -0.39 is 5.97 Å². The fourth-order valence-electron chi connectivity index (χ4n) is 3.01. The van der Waals surface area contributed by atoms with Crippen molar-refractivity contribution in [1.29, 1.82) is 0 Å². The first-order valence-electron chi connectivity index (χ1n) is 8.57. The number of benzene rings is 1. The molecule has 3 heterocycles. The first kappa shape index (κ1) is 17.0. The predicted molar refractivity (Wildman–Crippen MR) is 96.4 cm³/mol. The van der Waals surface area contributed by atoms with E-state index in [-0.39, 0.29) is 18.4 Å². The summed E-state index contributed by atoms with van der Waals surface area (Å²) >= 11 is 0. The molecule has 0 spiro atoms. The van der Waals surface area contributed by atoms with Crippen molar-refractivity contribution in [2.24, 2.45) is 0 Å². The van der Waals surface area contributed by atoms with Gasteiger partial charge in [-0.2, -0.15) is 4.98 Å². The summed E-state index contributed by atoms with van der Waals surface area (Å²) in [4.78, 5) is 34.8. The maximum atomic E-state index is 12.7. The molecule has 4 rings (SSSR count). The average Bonchev–Trinajstić information content (AvgIpc) is 3.09. The zero-order valence-corrected chi connectivity index (χ0v) is 14.7. The zero-order valence-electron chi connectivity index (χ0n) is 14.7. The molecule has 1 aromatic carbocycles. The Bertz CT molecular complexity index is 997. The van der Waals surface area contributed by atoms with Gasteiger partial charge in [0.25, 0.3) is 5.91 Å². The van der Waals surface area contributed by atoms with Gasteiger partial charge in [-0.15, -0.1) is 0 Å². The Morgan fingerprint density at radius 1 is 1.22 bits per heavy atom. The number of pyridine rings is 1. The Morgan fingerprint density at radius 2 is 2.04 bits per heavy atom. The number of ether oxygens (including phenoxy) is 1. The van der Waals surface area contributed by atoms with Gasteiger partial charge in [0, 0.05) is 12.7 Å². The van der Waals surface area contributed by atoms with Crippen molar-refractivity contribution in [2.75, 3.05) is 11.4 Å². The molecule has 136 valence electrons. The molecule has 0 N–H and O–H groups in total. The monoisotopic (exact) mass is 363 g/mol. The van der Waals surface area contributed by atoms with Crippen molar-refractivity contribution < 1.29 is 18.7 Å². The molecule has 0 atom stereocenters. The maximum Gasteiger partial charge on any atom is 0.395 e. The van der Waals surface area contributed by atoms with Gasteiger partial charge in [0.05, 0.1) is 0 Å². The minimum atomic E-state index is -0.670. The predicted octanol–water partition coefficient (Wildman–Crippen LogP) is 2.94. The van der Waals surface area contributed by atoms with E-state index in [1.54, 1.807) is 13.1 Å². The molecule has 1 amide bonds. The zero-order chi connectivity index (χ0) is 18.8. The highest BCUT2D eigenvalue weighted by molar-refractivity contribution is 6.06. The standard InChI is InChI=1S/C20H17N3O4/c1-13-17(23-11-9-15-8-5-10-21-16(15)19(23)24)22-18(27-13)20(25)26-12-14-6-3-2-4-7-14/h2-8,10H,9,11-12H2,1H3. The highest BCUT2D eigenvalue weighted by atomic mass is 16.5. The third kappa shape index (κ3) is 3.31. The van der Waals surface area contributed by atoms with Gasteiger partial charge in [-0.25, -0.2) is 4.79 Å². The molecular weight excluding hydrogens is 346 g/mol. The number of nitrogens with zero attached hydrogens (tertiary/aromatic N) is 3. The fourth-order valence-corrected chi connectivity index (χ4v) is 3.01. The average molecular weight is 363 g/mol. The minimum Gasteiger partial charge on any atom is -0.454 e. The van der Waals surface area contributed by atoms with Crippen LogP contribution in [0.1, 0.15) is 38.1 Å². The highest BCUT2D eigenvalue weighted by Crippen LogP contribution is 2.26. The van der Waals surface area contributed by atoms with Crippen LogP contribution in [0.4, 0.5) is 5.82 Å². The van der Waals surface area contributed by atoms with Gasteiger partial charge in [0.1, 0.15) is 18.1 Å². The van der Waals surface area contributed by atoms with Crippen LogP contribution in [0.25, 0.3) is 0 Å². The van der Waals surface area contributed by atoms with E-state index in [0.29, 0.717) is 30.2 Å². The van der Waals surface area contributed by atoms with Gasteiger partial charge >= 0.3 is 11.9 Å². The molecule has 1 aliphatic heterocycles. The van der Waals surface area contributed by atoms with Gasteiger partial charge < -0.3 is 9.15 Å². The molecule has 0 saturated heterocycles. The number of aromatic nitrogens is 2. The molecule has 0 fully saturated rings. The van der Waals surface area contributed by atoms with Crippen molar-refractivity contribution in [3.05, 3.63) is 77.1 Å². The number of aryl methyl sites for hydroxylation is 1. The summed E-state index contributed by atoms with van der Waals surface area (Å²) in [5.41, 5.74) is 2.17. The number of amides is 1. The van der Waals surface area contributed by atoms with Crippen LogP contribution in [0.15, 0.2) is 53.1 Å². The Kier molecular flexibility index (Phi) is 4.42. The van der Waals surface area contributed by atoms with Gasteiger partial charge in [-0.3, -0.25) is 14.7 Å². The number of carbonyl (C=O) groups excluding carboxylic acids is 2. The van der Waals surface area contributed by atoms with Crippen molar-refractivity contribution in [1.82, 2.24) is 9.97 Å². The molecule has 3 aromatic rings. The first-order valence-corrected chi connectivity index (χ1v) is 8.57. The van der Waals surface area contributed by atoms with E-state index >= 15 is 0 Å². The molecule has 0 unspecified atom stereocenters. The minimum absolute atomic E-state index is 0.121. The van der Waals surface area contributed by atoms with Gasteiger partial charge in [0.2, 0.25) is 0 Å². The van der Waals surface area contributed by atoms with Gasteiger partial charge in [0.15, 0.2) is 5.82 Å². The van der Waals surface area contributed by atoms with Crippen LogP contribution in [0.5, 0.6) is 0 Å². The lowest BCUT2D eigenvalue weighted by Gasteiger charge is -2.25. The van der Waals surface area contributed by atoms with E-state index in [9.17, 15) is 9.59 Å². The number of fused-ring (bicyclic) bond motifs is 1. The van der Waals surface area contributed by atoms with E-state index in [0.717, 1.165) is 11.1 Å². The molecule has 2 aromatic heterocycles. The largest absolute Gasteiger partial charge is 0.454 e. The SMILES string of the molecule is Cc1oc(C(=O)OCc2ccccc2)nc1N1CCc2cccnc2C1=O. The summed E-state index contributed by atoms with van der Waals surface area (Å²) in [7, 11) is 0. The fraction of sp³-hybridized carbons (Fsp3) is 0.200. The number of rotatable bonds is 4. The maximum absolute atomic E-state index is 12.7. The lowest BCUT2D eigenvalue weighted by Crippen LogP contribution is -2.39. The summed E-state index contributed by atoms with van der Waals surface area (Å²) in [5, 5.41) is 0. The van der Waals surface area contributed by atoms with Gasteiger partial charge in [-0.05, 0) is 30.5 Å². The summed E-state index contributed by atoms with van der Waals surface area (Å²) in [6.45, 7) is 2.23. The number of anilines is 1. The molecule has 0 aliphatic carbocycles. The normalized spacial score (nSPS) is 13.4. The van der Waals surface area contributed by atoms with Crippen LogP contribution in [0, 0.1) is 6.92 Å². The topological polar surface area (TPSA) is 85.5 Å². The second kappa shape index (κ2) is 7.03. The van der Waals surface area contributed by atoms with Crippen molar-refractivity contribution in [3.8, 4) is 0 Å². The second-order valence-corrected chi connectivity index (χ2v) is 6.18. The van der Waals surface area contributed by atoms with Crippen LogP contribution < -0.4 is 4.90 Å². The first-order chi connectivity index (χ1) is 13.1. The van der Waals surface area contributed by atoms with Crippen LogP contribution in [-0.2, 0) is 17.8 Å². The van der Waals surface area contributed by atoms with Crippen LogP contribution >= 0.6 is 0 Å². The number of hydrogen-bond donors (Lipinski definition) is 0. The van der Waals surface area contributed by atoms with Crippen molar-refractivity contribution >= 4 is 17.7 Å². The van der Waals surface area contributed by atoms with E-state index in [4.69, 9.17) is 9.15 Å². The molecule has 7 heteroatoms. The van der Waals surface area contributed by atoms with Crippen molar-refractivity contribution in [3.63, 3.8) is 0 Å². The third-order valence-corrected chi connectivity index (χ3v) is 4.36. The summed E-state index contributed by atoms with van der Waals surface area (Å²) in [6, 6.07) is 13.0. The summed E-state index contributed by atoms with van der Waals surface area (Å²) in [5.74, 6) is -0.385. The quantitative estimate of drug-likeness (QED) is 0.663. The molecular formula is C20H17N3O4. The molecule has 7 nitrogen and oxygen atoms in total. The Balaban J connectivity index is 1.52. The lowest BCUT2D eigenvalue weighted by molar-refractivity contribution is 0.0425. The number of oxazole rings is 1. The highest BCUT2D eigenvalue weighted by Gasteiger charge is 2.31. The van der Waals surface area contributed by atoms with Gasteiger partial charge in [-0.1, -0.05) is 36.4 Å². The number of hydrogen-bond acceptors (Lipinski definition) is 6. The molecule has 1 aliphatic rings. The molecule has 27 heavy (non-hydrogen) atoms. The Hall–Kier alpha value is -3.48. The molecule has 0 bridgehead atoms. The third-order valence-electron chi connectivity index (χ3n) is 4.36. The Morgan fingerprint density at radius 3 is 2.85 bits per heavy atom. The van der Waals surface area contributed by atoms with E-state index in [1.165, 1.54) is 4.90 Å². The van der Waals surface area contributed by atoms with Crippen LogP contribution in [0.2, 0.25) is 0 Å². The Labute approximate surface area is 155 Å². The summed E-state index contributed by atoms with van der Waals surface area (Å²) < 4.78 is 10.7. The smallest absolute Gasteiger partial charge is 0.395 e. The van der Waals surface area contributed by atoms with Crippen molar-refractivity contribution in [2.45, 2.75) is 20.0 Å². The van der Waals surface area contributed by atoms with Crippen LogP contribution in [-0.4, -0.2) is 28.4 Å². The second-order valence-electron chi connectivity index (χ2n) is 6.18. The van der Waals surface area contributed by atoms with E-state index in [1.807, 2.05) is 42.5 Å². The summed E-state index contributed by atoms with van der Waals surface area (Å²) in [6.07, 6.45) is 2.25. The number of esters is 1. The molecule has 0 saturated carbocycles. The van der Waals surface area contributed by atoms with Crippen LogP contribution in [0.3, 0.4) is 0 Å². The lowest BCUT2D eigenvalue weighted by atomic mass is 10.0.